The van der Waals surface area contributed by atoms with Gasteiger partial charge in [-0.05, 0) is 69.0 Å². The van der Waals surface area contributed by atoms with E-state index in [4.69, 9.17) is 9.47 Å². The standard InChI is InChI=1S/C23H28N2O4/c1-15-11-16(2)22(17(3)12-15)25-21(26)13-24-23(27)18-6-8-19(9-7-18)29-14-20-5-4-10-28-20/h6-9,11-12,20H,4-5,10,13-14H2,1-3H3,(H,24,27)(H,25,26). The van der Waals surface area contributed by atoms with Gasteiger partial charge in [-0.15, -0.1) is 0 Å². The molecular formula is C23H28N2O4. The number of amides is 2. The molecule has 0 spiro atoms. The number of anilines is 1. The zero-order chi connectivity index (χ0) is 20.8. The molecule has 29 heavy (non-hydrogen) atoms. The third-order valence-electron chi connectivity index (χ3n) is 4.93. The van der Waals surface area contributed by atoms with Gasteiger partial charge in [0, 0.05) is 17.9 Å². The third-order valence-corrected chi connectivity index (χ3v) is 4.93. The van der Waals surface area contributed by atoms with Gasteiger partial charge in [0.1, 0.15) is 12.4 Å². The van der Waals surface area contributed by atoms with Crippen LogP contribution in [0.2, 0.25) is 0 Å². The van der Waals surface area contributed by atoms with Crippen molar-refractivity contribution in [2.75, 3.05) is 25.1 Å². The van der Waals surface area contributed by atoms with Crippen LogP contribution in [-0.4, -0.2) is 37.7 Å². The zero-order valence-electron chi connectivity index (χ0n) is 17.2. The molecule has 0 aliphatic carbocycles. The maximum absolute atomic E-state index is 12.3. The predicted octanol–water partition coefficient (Wildman–Crippen LogP) is 3.54. The minimum absolute atomic E-state index is 0.0944. The summed E-state index contributed by atoms with van der Waals surface area (Å²) in [6.07, 6.45) is 2.24. The lowest BCUT2D eigenvalue weighted by molar-refractivity contribution is -0.115. The Bertz CT molecular complexity index is 848. The smallest absolute Gasteiger partial charge is 0.251 e. The number of nitrogens with one attached hydrogen (secondary N) is 2. The van der Waals surface area contributed by atoms with Gasteiger partial charge in [-0.2, -0.15) is 0 Å². The monoisotopic (exact) mass is 396 g/mol. The van der Waals surface area contributed by atoms with E-state index in [-0.39, 0.29) is 24.5 Å². The van der Waals surface area contributed by atoms with Crippen LogP contribution in [0.25, 0.3) is 0 Å². The number of rotatable bonds is 7. The minimum atomic E-state index is -0.303. The fourth-order valence-electron chi connectivity index (χ4n) is 3.49. The summed E-state index contributed by atoms with van der Waals surface area (Å²) < 4.78 is 11.2. The molecule has 1 aliphatic rings. The molecule has 1 fully saturated rings. The van der Waals surface area contributed by atoms with E-state index in [1.54, 1.807) is 24.3 Å². The summed E-state index contributed by atoms with van der Waals surface area (Å²) in [4.78, 5) is 24.6. The minimum Gasteiger partial charge on any atom is -0.491 e. The molecule has 2 aromatic rings. The van der Waals surface area contributed by atoms with Gasteiger partial charge in [-0.3, -0.25) is 9.59 Å². The molecule has 154 valence electrons. The quantitative estimate of drug-likeness (QED) is 0.751. The van der Waals surface area contributed by atoms with Gasteiger partial charge in [-0.25, -0.2) is 0 Å². The second kappa shape index (κ2) is 9.56. The van der Waals surface area contributed by atoms with Crippen molar-refractivity contribution < 1.29 is 19.1 Å². The van der Waals surface area contributed by atoms with E-state index in [1.165, 1.54) is 0 Å². The molecule has 2 amide bonds. The lowest BCUT2D eigenvalue weighted by Crippen LogP contribution is -2.33. The van der Waals surface area contributed by atoms with E-state index in [9.17, 15) is 9.59 Å². The van der Waals surface area contributed by atoms with E-state index >= 15 is 0 Å². The van der Waals surface area contributed by atoms with Crippen molar-refractivity contribution in [1.82, 2.24) is 5.32 Å². The Labute approximate surface area is 171 Å². The van der Waals surface area contributed by atoms with E-state index in [0.29, 0.717) is 17.9 Å². The molecular weight excluding hydrogens is 368 g/mol. The van der Waals surface area contributed by atoms with Gasteiger partial charge < -0.3 is 20.1 Å². The topological polar surface area (TPSA) is 76.7 Å². The zero-order valence-corrected chi connectivity index (χ0v) is 17.2. The highest BCUT2D eigenvalue weighted by Crippen LogP contribution is 2.21. The van der Waals surface area contributed by atoms with Gasteiger partial charge in [-0.1, -0.05) is 17.7 Å². The first-order valence-electron chi connectivity index (χ1n) is 9.93. The van der Waals surface area contributed by atoms with Crippen LogP contribution >= 0.6 is 0 Å². The average molecular weight is 396 g/mol. The number of carbonyl (C=O) groups excluding carboxylic acids is 2. The molecule has 0 aromatic heterocycles. The van der Waals surface area contributed by atoms with Crippen LogP contribution in [0.4, 0.5) is 5.69 Å². The summed E-state index contributed by atoms with van der Waals surface area (Å²) in [7, 11) is 0. The summed E-state index contributed by atoms with van der Waals surface area (Å²) in [5, 5.41) is 5.53. The van der Waals surface area contributed by atoms with Crippen molar-refractivity contribution in [3.63, 3.8) is 0 Å². The van der Waals surface area contributed by atoms with Crippen LogP contribution < -0.4 is 15.4 Å². The van der Waals surface area contributed by atoms with Crippen LogP contribution in [0, 0.1) is 20.8 Å². The highest BCUT2D eigenvalue weighted by Gasteiger charge is 2.16. The molecule has 6 heteroatoms. The molecule has 1 heterocycles. The number of aryl methyl sites for hydroxylation is 3. The van der Waals surface area contributed by atoms with E-state index in [1.807, 2.05) is 32.9 Å². The average Bonchev–Trinajstić information content (AvgIpc) is 3.21. The molecule has 2 N–H and O–H groups in total. The third kappa shape index (κ3) is 5.81. The molecule has 6 nitrogen and oxygen atoms in total. The van der Waals surface area contributed by atoms with Crippen LogP contribution in [0.3, 0.4) is 0 Å². The molecule has 1 aliphatic heterocycles. The number of hydrogen-bond donors (Lipinski definition) is 2. The van der Waals surface area contributed by atoms with E-state index in [0.717, 1.165) is 41.8 Å². The maximum Gasteiger partial charge on any atom is 0.251 e. The van der Waals surface area contributed by atoms with Crippen molar-refractivity contribution in [3.8, 4) is 5.75 Å². The Kier molecular flexibility index (Phi) is 6.88. The Balaban J connectivity index is 1.48. The first-order valence-corrected chi connectivity index (χ1v) is 9.93. The molecule has 3 rings (SSSR count). The number of hydrogen-bond acceptors (Lipinski definition) is 4. The normalized spacial score (nSPS) is 15.8. The SMILES string of the molecule is Cc1cc(C)c(NC(=O)CNC(=O)c2ccc(OCC3CCCO3)cc2)c(C)c1. The van der Waals surface area contributed by atoms with Gasteiger partial charge >= 0.3 is 0 Å². The number of benzene rings is 2. The highest BCUT2D eigenvalue weighted by atomic mass is 16.5. The Hall–Kier alpha value is -2.86. The van der Waals surface area contributed by atoms with Gasteiger partial charge in [0.05, 0.1) is 12.6 Å². The Morgan fingerprint density at radius 3 is 2.41 bits per heavy atom. The second-order valence-electron chi connectivity index (χ2n) is 7.47. The summed E-state index contributed by atoms with van der Waals surface area (Å²) in [6.45, 7) is 7.15. The summed E-state index contributed by atoms with van der Waals surface area (Å²) in [5.74, 6) is 0.133. The van der Waals surface area contributed by atoms with Gasteiger partial charge in [0.15, 0.2) is 0 Å². The first-order chi connectivity index (χ1) is 13.9. The van der Waals surface area contributed by atoms with Gasteiger partial charge in [0.25, 0.3) is 5.91 Å². The lowest BCUT2D eigenvalue weighted by Gasteiger charge is -2.13. The van der Waals surface area contributed by atoms with Crippen LogP contribution in [0.1, 0.15) is 39.9 Å². The fourth-order valence-corrected chi connectivity index (χ4v) is 3.49. The van der Waals surface area contributed by atoms with Gasteiger partial charge in [0.2, 0.25) is 5.91 Å². The number of ether oxygens (including phenoxy) is 2. The fraction of sp³-hybridized carbons (Fsp3) is 0.391. The molecule has 1 unspecified atom stereocenters. The van der Waals surface area contributed by atoms with Crippen molar-refractivity contribution >= 4 is 17.5 Å². The largest absolute Gasteiger partial charge is 0.491 e. The summed E-state index contributed by atoms with van der Waals surface area (Å²) in [6, 6.07) is 10.9. The summed E-state index contributed by atoms with van der Waals surface area (Å²) >= 11 is 0. The molecule has 1 atom stereocenters. The summed E-state index contributed by atoms with van der Waals surface area (Å²) in [5.41, 5.74) is 4.42. The van der Waals surface area contributed by atoms with E-state index in [2.05, 4.69) is 10.6 Å². The van der Waals surface area contributed by atoms with E-state index < -0.39 is 0 Å². The highest BCUT2D eigenvalue weighted by molar-refractivity contribution is 5.99. The van der Waals surface area contributed by atoms with Crippen LogP contribution in [0.5, 0.6) is 5.75 Å². The molecule has 0 radical (unpaired) electrons. The first kappa shape index (κ1) is 20.9. The number of carbonyl (C=O) groups is 2. The lowest BCUT2D eigenvalue weighted by atomic mass is 10.1. The van der Waals surface area contributed by atoms with Crippen LogP contribution in [-0.2, 0) is 9.53 Å². The van der Waals surface area contributed by atoms with Crippen molar-refractivity contribution in [2.45, 2.75) is 39.7 Å². The Morgan fingerprint density at radius 1 is 1.10 bits per heavy atom. The second-order valence-corrected chi connectivity index (χ2v) is 7.47. The van der Waals surface area contributed by atoms with Crippen molar-refractivity contribution in [1.29, 1.82) is 0 Å². The molecule has 0 saturated carbocycles. The maximum atomic E-state index is 12.3. The Morgan fingerprint density at radius 2 is 1.79 bits per heavy atom. The van der Waals surface area contributed by atoms with Crippen LogP contribution in [0.15, 0.2) is 36.4 Å². The molecule has 1 saturated heterocycles. The molecule has 0 bridgehead atoms. The molecule has 2 aromatic carbocycles. The van der Waals surface area contributed by atoms with Crippen molar-refractivity contribution in [3.05, 3.63) is 58.7 Å². The van der Waals surface area contributed by atoms with Crippen molar-refractivity contribution in [2.24, 2.45) is 0 Å². The predicted molar refractivity (Wildman–Crippen MR) is 113 cm³/mol.